The van der Waals surface area contributed by atoms with Crippen LogP contribution in [0.3, 0.4) is 0 Å². The van der Waals surface area contributed by atoms with Gasteiger partial charge in [0.15, 0.2) is 6.73 Å². The SMILES string of the molecule is Cc1cc(C)c(/C=C2\C(=O)N(COC(=O)C(C)C(C)C(=O)N[C@@H](CCN)C(=O)N[C@H](C(=O)N[C@H](CCN)C(=O)N[C@H]3CCNC(=O)[C@@H]([C@@H](C)O)NC(=O)[C@@H](CCN)NC(=O)[C@@H](CCN)NC(=O)[C@@H](CC(C)C)NC(=O)[C@@H](Cc4ccccc4)NC(=O)[C@@H](CCN)NC3=O)[C@@H](C)O)c3ccccc32)[nH]1. The molecule has 5 rings (SSSR count). The van der Waals surface area contributed by atoms with Gasteiger partial charge in [-0.05, 0) is 141 Å². The van der Waals surface area contributed by atoms with Crippen LogP contribution in [0.2, 0.25) is 0 Å². The van der Waals surface area contributed by atoms with Crippen molar-refractivity contribution in [1.29, 1.82) is 0 Å². The van der Waals surface area contributed by atoms with Crippen LogP contribution in [-0.2, 0) is 73.5 Å². The third kappa shape index (κ3) is 24.5. The fraction of sp³-hybridized carbons (Fsp3) is 0.551. The van der Waals surface area contributed by atoms with Gasteiger partial charge in [0, 0.05) is 35.8 Å². The van der Waals surface area contributed by atoms with E-state index in [1.807, 2.05) is 19.9 Å². The molecule has 14 atom stereocenters. The topological polar surface area (TPSA) is 553 Å². The highest BCUT2D eigenvalue weighted by atomic mass is 16.5. The summed E-state index contributed by atoms with van der Waals surface area (Å²) in [6, 6.07) is 1.80. The molecule has 24 N–H and O–H groups in total. The Morgan fingerprint density at radius 2 is 1.11 bits per heavy atom. The van der Waals surface area contributed by atoms with Crippen molar-refractivity contribution in [3.8, 4) is 0 Å². The summed E-state index contributed by atoms with van der Waals surface area (Å²) in [7, 11) is 0. The van der Waals surface area contributed by atoms with Gasteiger partial charge in [0.25, 0.3) is 5.91 Å². The lowest BCUT2D eigenvalue weighted by molar-refractivity contribution is -0.152. The Morgan fingerprint density at radius 3 is 1.65 bits per heavy atom. The van der Waals surface area contributed by atoms with Gasteiger partial charge >= 0.3 is 5.97 Å². The third-order valence-corrected chi connectivity index (χ3v) is 17.5. The van der Waals surface area contributed by atoms with E-state index in [1.165, 1.54) is 25.7 Å². The van der Waals surface area contributed by atoms with E-state index in [0.29, 0.717) is 22.4 Å². The molecule has 12 amide bonds. The summed E-state index contributed by atoms with van der Waals surface area (Å²) < 4.78 is 5.62. The molecule has 0 spiro atoms. The van der Waals surface area contributed by atoms with Crippen molar-refractivity contribution < 1.29 is 77.3 Å². The minimum Gasteiger partial charge on any atom is -0.444 e. The van der Waals surface area contributed by atoms with E-state index in [2.05, 4.69) is 63.5 Å². The predicted molar refractivity (Wildman–Crippen MR) is 380 cm³/mol. The van der Waals surface area contributed by atoms with E-state index in [0.717, 1.165) is 23.9 Å². The molecule has 2 aliphatic rings. The number of anilines is 1. The van der Waals surface area contributed by atoms with Gasteiger partial charge in [-0.25, -0.2) is 0 Å². The standard InChI is InChI=1S/C69H104N18O16/c1-35(2)30-52-64(97)80-45(18-24-70)58(91)79-49(22-28-74)63(96)85-55(40(7)88)66(99)75-29-23-50(61(94)78-46(19-25-71)60(93)84-53(65(98)83-52)32-42-14-10-9-11-15-42)81-59(92)47(20-26-72)82-67(100)56(41(8)89)86-62(95)48(21-27-73)77-57(90)38(5)39(6)69(102)103-34-87-54-17-13-12-16-43(54)44(68(87)101)33-51-36(3)31-37(4)76-51/h9-17,31,33,35,38-41,45-50,52-53,55-56,76,88-89H,18-30,32,34,70-74H2,1-8H3,(H,75,99)(H,77,90)(H,78,94)(H,79,91)(H,80,97)(H,81,92)(H,82,100)(H,83,98)(H,84,93)(H,85,96)(H,86,95)/b44-33-/t38?,39?,40-,41-,45-,46-,47-,48+,49-,50+,52-,53-,55-,56+/m1/s1. The summed E-state index contributed by atoms with van der Waals surface area (Å²) in [5.74, 6) is -14.5. The number of nitrogens with two attached hydrogens (primary N) is 5. The van der Waals surface area contributed by atoms with Crippen molar-refractivity contribution in [1.82, 2.24) is 63.5 Å². The van der Waals surface area contributed by atoms with Gasteiger partial charge in [-0.15, -0.1) is 0 Å². The van der Waals surface area contributed by atoms with Crippen molar-refractivity contribution >= 4 is 94.2 Å². The number of aromatic amines is 1. The number of ether oxygens (including phenoxy) is 1. The summed E-state index contributed by atoms with van der Waals surface area (Å²) in [5.41, 5.74) is 34.2. The fourth-order valence-corrected chi connectivity index (χ4v) is 11.5. The van der Waals surface area contributed by atoms with Gasteiger partial charge in [0.1, 0.15) is 60.4 Å². The lowest BCUT2D eigenvalue weighted by Gasteiger charge is -2.29. The molecule has 1 saturated heterocycles. The number of esters is 1. The highest BCUT2D eigenvalue weighted by molar-refractivity contribution is 6.35. The Hall–Kier alpha value is -9.71. The quantitative estimate of drug-likeness (QED) is 0.0230. The van der Waals surface area contributed by atoms with Crippen LogP contribution >= 0.6 is 0 Å². The average Bonchev–Trinajstić information content (AvgIpc) is 1.62. The molecule has 34 heteroatoms. The maximum Gasteiger partial charge on any atom is 0.311 e. The maximum atomic E-state index is 14.7. The predicted octanol–water partition coefficient (Wildman–Crippen LogP) is -4.55. The molecule has 3 aromatic rings. The molecular weight excluding hydrogens is 1340 g/mol. The van der Waals surface area contributed by atoms with E-state index in [1.54, 1.807) is 74.5 Å². The number of aromatic nitrogens is 1. The number of aliphatic hydroxyl groups is 2. The molecule has 2 aliphatic heterocycles. The van der Waals surface area contributed by atoms with Gasteiger partial charge in [-0.1, -0.05) is 76.2 Å². The maximum absolute atomic E-state index is 14.7. The number of nitrogens with zero attached hydrogens (tertiary/aromatic N) is 1. The number of fused-ring (bicyclic) bond motifs is 1. The number of hydrogen-bond acceptors (Lipinski definition) is 21. The second kappa shape index (κ2) is 40.8. The molecule has 1 fully saturated rings. The number of para-hydroxylation sites is 1. The molecular formula is C69H104N18O16. The van der Waals surface area contributed by atoms with Gasteiger partial charge in [0.05, 0.1) is 29.4 Å². The smallest absolute Gasteiger partial charge is 0.311 e. The van der Waals surface area contributed by atoms with Crippen molar-refractivity contribution in [3.63, 3.8) is 0 Å². The van der Waals surface area contributed by atoms with Crippen LogP contribution < -0.4 is 92.1 Å². The van der Waals surface area contributed by atoms with Crippen molar-refractivity contribution in [2.45, 2.75) is 179 Å². The van der Waals surface area contributed by atoms with Crippen LogP contribution in [0, 0.1) is 31.6 Å². The lowest BCUT2D eigenvalue weighted by Crippen LogP contribution is -2.62. The monoisotopic (exact) mass is 1440 g/mol. The number of carbonyl (C=O) groups is 13. The number of aryl methyl sites for hydroxylation is 2. The molecule has 103 heavy (non-hydrogen) atoms. The summed E-state index contributed by atoms with van der Waals surface area (Å²) in [6.07, 6.45) is -3.41. The minimum atomic E-state index is -1.85. The molecule has 0 aliphatic carbocycles. The molecule has 0 saturated carbocycles. The van der Waals surface area contributed by atoms with Crippen LogP contribution in [0.25, 0.3) is 11.6 Å². The van der Waals surface area contributed by atoms with E-state index >= 15 is 0 Å². The molecule has 2 unspecified atom stereocenters. The average molecular weight is 1440 g/mol. The van der Waals surface area contributed by atoms with E-state index in [-0.39, 0.29) is 83.6 Å². The Kier molecular flexibility index (Phi) is 33.3. The summed E-state index contributed by atoms with van der Waals surface area (Å²) in [4.78, 5) is 188. The number of aliphatic hydroxyl groups excluding tert-OH is 2. The van der Waals surface area contributed by atoms with E-state index in [9.17, 15) is 72.5 Å². The van der Waals surface area contributed by atoms with Gasteiger partial charge < -0.3 is 107 Å². The van der Waals surface area contributed by atoms with Crippen LogP contribution in [0.15, 0.2) is 60.7 Å². The second-order valence-electron chi connectivity index (χ2n) is 26.3. The number of hydrogen-bond donors (Lipinski definition) is 19. The first-order chi connectivity index (χ1) is 48.9. The summed E-state index contributed by atoms with van der Waals surface area (Å²) in [5, 5.41) is 49.7. The van der Waals surface area contributed by atoms with Gasteiger partial charge in [-0.3, -0.25) is 67.2 Å². The van der Waals surface area contributed by atoms with Crippen molar-refractivity contribution in [2.75, 3.05) is 50.9 Å². The van der Waals surface area contributed by atoms with Gasteiger partial charge in [0.2, 0.25) is 65.0 Å². The lowest BCUT2D eigenvalue weighted by atomic mass is 9.94. The Bertz CT molecular complexity index is 3490. The summed E-state index contributed by atoms with van der Waals surface area (Å²) in [6.45, 7) is 10.5. The van der Waals surface area contributed by atoms with Crippen molar-refractivity contribution in [3.05, 3.63) is 88.7 Å². The first-order valence-corrected chi connectivity index (χ1v) is 34.6. The Balaban J connectivity index is 1.38. The highest BCUT2D eigenvalue weighted by Gasteiger charge is 2.40. The molecule has 34 nitrogen and oxygen atoms in total. The first-order valence-electron chi connectivity index (χ1n) is 34.6. The first kappa shape index (κ1) is 83.9. The number of nitrogens with one attached hydrogen (secondary N) is 12. The Morgan fingerprint density at radius 1 is 0.592 bits per heavy atom. The molecule has 566 valence electrons. The molecule has 0 radical (unpaired) electrons. The summed E-state index contributed by atoms with van der Waals surface area (Å²) >= 11 is 0. The Labute approximate surface area is 598 Å². The molecule has 0 bridgehead atoms. The zero-order valence-corrected chi connectivity index (χ0v) is 59.6. The highest BCUT2D eigenvalue weighted by Crippen LogP contribution is 2.38. The van der Waals surface area contributed by atoms with E-state index in [4.69, 9.17) is 33.4 Å². The normalized spacial score (nSPS) is 22.2. The number of rotatable bonds is 29. The van der Waals surface area contributed by atoms with Crippen LogP contribution in [0.5, 0.6) is 0 Å². The number of H-pyrrole nitrogens is 1. The molecule has 3 heterocycles. The largest absolute Gasteiger partial charge is 0.444 e. The van der Waals surface area contributed by atoms with Crippen molar-refractivity contribution in [2.24, 2.45) is 46.4 Å². The minimum absolute atomic E-state index is 0.0210. The number of carbonyl (C=O) groups excluding carboxylic acids is 13. The third-order valence-electron chi connectivity index (χ3n) is 17.5. The van der Waals surface area contributed by atoms with Crippen LogP contribution in [0.4, 0.5) is 5.69 Å². The number of benzene rings is 2. The van der Waals surface area contributed by atoms with E-state index < -0.39 is 181 Å². The fourth-order valence-electron chi connectivity index (χ4n) is 11.5. The molecule has 1 aromatic heterocycles. The van der Waals surface area contributed by atoms with Gasteiger partial charge in [-0.2, -0.15) is 0 Å². The number of amides is 12. The zero-order valence-electron chi connectivity index (χ0n) is 59.6. The molecule has 2 aromatic carbocycles. The zero-order chi connectivity index (χ0) is 76.4. The van der Waals surface area contributed by atoms with Crippen LogP contribution in [-0.4, -0.2) is 211 Å². The second-order valence-corrected chi connectivity index (χ2v) is 26.3. The van der Waals surface area contributed by atoms with Crippen LogP contribution in [0.1, 0.15) is 115 Å².